The zero-order chi connectivity index (χ0) is 12.4. The number of H-pyrrole nitrogens is 1. The van der Waals surface area contributed by atoms with Crippen LogP contribution < -0.4 is 5.32 Å². The van der Waals surface area contributed by atoms with Crippen molar-refractivity contribution in [3.05, 3.63) is 30.1 Å². The van der Waals surface area contributed by atoms with Gasteiger partial charge in [0.05, 0.1) is 5.56 Å². The molecule has 0 aromatic carbocycles. The molecule has 0 unspecified atom stereocenters. The van der Waals surface area contributed by atoms with Crippen molar-refractivity contribution in [3.8, 4) is 0 Å². The molecule has 18 heavy (non-hydrogen) atoms. The van der Waals surface area contributed by atoms with E-state index < -0.39 is 0 Å². The van der Waals surface area contributed by atoms with E-state index in [1.54, 1.807) is 6.20 Å². The summed E-state index contributed by atoms with van der Waals surface area (Å²) in [6.07, 6.45) is 5.18. The summed E-state index contributed by atoms with van der Waals surface area (Å²) in [7, 11) is 0. The summed E-state index contributed by atoms with van der Waals surface area (Å²) in [5, 5.41) is 3.98. The van der Waals surface area contributed by atoms with Gasteiger partial charge >= 0.3 is 0 Å². The molecule has 1 saturated heterocycles. The smallest absolute Gasteiger partial charge is 0.253 e. The van der Waals surface area contributed by atoms with E-state index in [1.165, 1.54) is 0 Å². The molecule has 0 saturated carbocycles. The average molecular weight is 245 g/mol. The molecule has 3 rings (SSSR count). The van der Waals surface area contributed by atoms with Crippen LogP contribution in [0.2, 0.25) is 0 Å². The van der Waals surface area contributed by atoms with Gasteiger partial charge in [0.15, 0.2) is 0 Å². The Kier molecular flexibility index (Phi) is 2.98. The average Bonchev–Trinajstić information content (AvgIpc) is 2.87. The van der Waals surface area contributed by atoms with Gasteiger partial charge in [0.2, 0.25) is 0 Å². The van der Waals surface area contributed by atoms with E-state index in [0.29, 0.717) is 5.56 Å². The third-order valence-corrected chi connectivity index (χ3v) is 3.22. The molecule has 2 aromatic rings. The molecule has 1 fully saturated rings. The van der Waals surface area contributed by atoms with Gasteiger partial charge in [-0.15, -0.1) is 0 Å². The fraction of sp³-hybridized carbons (Fsp3) is 0.385. The summed E-state index contributed by atoms with van der Waals surface area (Å²) in [6.45, 7) is 1.44. The predicted octanol–water partition coefficient (Wildman–Crippen LogP) is 1.47. The van der Waals surface area contributed by atoms with Gasteiger partial charge < -0.3 is 15.0 Å². The number of aromatic amines is 1. The van der Waals surface area contributed by atoms with Crippen LogP contribution in [0.5, 0.6) is 0 Å². The minimum atomic E-state index is -0.0579. The Morgan fingerprint density at radius 3 is 3.11 bits per heavy atom. The second-order valence-corrected chi connectivity index (χ2v) is 4.50. The summed E-state index contributed by atoms with van der Waals surface area (Å²) >= 11 is 0. The zero-order valence-electron chi connectivity index (χ0n) is 9.98. The standard InChI is InChI=1S/C13H15N3O2/c17-13(16-11-2-5-18-6-3-11)10-7-9-1-4-14-12(9)15-8-10/h1,4,7-8,11H,2-3,5-6H2,(H,14,15)(H,16,17). The third-order valence-electron chi connectivity index (χ3n) is 3.22. The van der Waals surface area contributed by atoms with Gasteiger partial charge in [-0.1, -0.05) is 0 Å². The molecule has 94 valence electrons. The Bertz CT molecular complexity index is 558. The van der Waals surface area contributed by atoms with Crippen LogP contribution in [0.15, 0.2) is 24.5 Å². The lowest BCUT2D eigenvalue weighted by Crippen LogP contribution is -2.38. The minimum absolute atomic E-state index is 0.0579. The van der Waals surface area contributed by atoms with Crippen molar-refractivity contribution in [2.24, 2.45) is 0 Å². The number of nitrogens with zero attached hydrogens (tertiary/aromatic N) is 1. The maximum atomic E-state index is 12.1. The van der Waals surface area contributed by atoms with Crippen molar-refractivity contribution in [3.63, 3.8) is 0 Å². The first-order valence-electron chi connectivity index (χ1n) is 6.15. The maximum absolute atomic E-state index is 12.1. The molecule has 0 radical (unpaired) electrons. The summed E-state index contributed by atoms with van der Waals surface area (Å²) in [5.74, 6) is -0.0579. The fourth-order valence-corrected chi connectivity index (χ4v) is 2.17. The lowest BCUT2D eigenvalue weighted by molar-refractivity contribution is 0.0696. The molecule has 1 aliphatic rings. The number of amides is 1. The summed E-state index contributed by atoms with van der Waals surface area (Å²) in [6, 6.07) is 3.98. The molecule has 0 spiro atoms. The van der Waals surface area contributed by atoms with E-state index in [2.05, 4.69) is 15.3 Å². The normalized spacial score (nSPS) is 16.9. The topological polar surface area (TPSA) is 67.0 Å². The third kappa shape index (κ3) is 2.22. The highest BCUT2D eigenvalue weighted by atomic mass is 16.5. The summed E-state index contributed by atoms with van der Waals surface area (Å²) in [5.41, 5.74) is 1.41. The van der Waals surface area contributed by atoms with Crippen molar-refractivity contribution in [1.29, 1.82) is 0 Å². The molecule has 0 aliphatic carbocycles. The summed E-state index contributed by atoms with van der Waals surface area (Å²) < 4.78 is 5.27. The number of nitrogens with one attached hydrogen (secondary N) is 2. The molecule has 1 amide bonds. The maximum Gasteiger partial charge on any atom is 0.253 e. The van der Waals surface area contributed by atoms with Crippen molar-refractivity contribution in [2.45, 2.75) is 18.9 Å². The van der Waals surface area contributed by atoms with E-state index in [4.69, 9.17) is 4.74 Å². The number of ether oxygens (including phenoxy) is 1. The van der Waals surface area contributed by atoms with E-state index >= 15 is 0 Å². The van der Waals surface area contributed by atoms with E-state index in [-0.39, 0.29) is 11.9 Å². The number of carbonyl (C=O) groups excluding carboxylic acids is 1. The molecular weight excluding hydrogens is 230 g/mol. The molecule has 5 heteroatoms. The first-order chi connectivity index (χ1) is 8.83. The van der Waals surface area contributed by atoms with E-state index in [1.807, 2.05) is 18.3 Å². The second kappa shape index (κ2) is 4.78. The number of aromatic nitrogens is 2. The van der Waals surface area contributed by atoms with Crippen LogP contribution in [0.4, 0.5) is 0 Å². The highest BCUT2D eigenvalue weighted by Gasteiger charge is 2.17. The quantitative estimate of drug-likeness (QED) is 0.842. The predicted molar refractivity (Wildman–Crippen MR) is 67.4 cm³/mol. The Balaban J connectivity index is 1.74. The second-order valence-electron chi connectivity index (χ2n) is 4.50. The lowest BCUT2D eigenvalue weighted by Gasteiger charge is -2.23. The zero-order valence-corrected chi connectivity index (χ0v) is 9.98. The van der Waals surface area contributed by atoms with Gasteiger partial charge in [0, 0.05) is 37.0 Å². The van der Waals surface area contributed by atoms with Gasteiger partial charge in [-0.3, -0.25) is 4.79 Å². The molecule has 2 aromatic heterocycles. The number of hydrogen-bond donors (Lipinski definition) is 2. The monoisotopic (exact) mass is 245 g/mol. The first-order valence-corrected chi connectivity index (χ1v) is 6.15. The minimum Gasteiger partial charge on any atom is -0.381 e. The van der Waals surface area contributed by atoms with Crippen LogP contribution in [0, 0.1) is 0 Å². The van der Waals surface area contributed by atoms with Crippen LogP contribution >= 0.6 is 0 Å². The van der Waals surface area contributed by atoms with Crippen molar-refractivity contribution in [1.82, 2.24) is 15.3 Å². The molecule has 5 nitrogen and oxygen atoms in total. The van der Waals surface area contributed by atoms with Crippen LogP contribution in [0.3, 0.4) is 0 Å². The van der Waals surface area contributed by atoms with Crippen LogP contribution in [0.1, 0.15) is 23.2 Å². The van der Waals surface area contributed by atoms with Crippen LogP contribution in [-0.2, 0) is 4.74 Å². The van der Waals surface area contributed by atoms with E-state index in [0.717, 1.165) is 37.1 Å². The molecule has 0 bridgehead atoms. The van der Waals surface area contributed by atoms with Crippen molar-refractivity contribution >= 4 is 16.9 Å². The molecule has 1 aliphatic heterocycles. The molecule has 0 atom stereocenters. The largest absolute Gasteiger partial charge is 0.381 e. The van der Waals surface area contributed by atoms with Gasteiger partial charge in [-0.2, -0.15) is 0 Å². The van der Waals surface area contributed by atoms with Crippen molar-refractivity contribution in [2.75, 3.05) is 13.2 Å². The number of pyridine rings is 1. The number of hydrogen-bond acceptors (Lipinski definition) is 3. The first kappa shape index (κ1) is 11.2. The Labute approximate surface area is 105 Å². The molecule has 3 heterocycles. The van der Waals surface area contributed by atoms with Gasteiger partial charge in [0.25, 0.3) is 5.91 Å². The highest BCUT2D eigenvalue weighted by molar-refractivity contribution is 5.97. The summed E-state index contributed by atoms with van der Waals surface area (Å²) in [4.78, 5) is 19.3. The number of carbonyl (C=O) groups is 1. The highest BCUT2D eigenvalue weighted by Crippen LogP contribution is 2.12. The van der Waals surface area contributed by atoms with Gasteiger partial charge in [-0.25, -0.2) is 4.98 Å². The fourth-order valence-electron chi connectivity index (χ4n) is 2.17. The molecular formula is C13H15N3O2. The van der Waals surface area contributed by atoms with Gasteiger partial charge in [0.1, 0.15) is 5.65 Å². The Morgan fingerprint density at radius 2 is 2.28 bits per heavy atom. The number of fused-ring (bicyclic) bond motifs is 1. The number of rotatable bonds is 2. The van der Waals surface area contributed by atoms with E-state index in [9.17, 15) is 4.79 Å². The Morgan fingerprint density at radius 1 is 1.44 bits per heavy atom. The molecule has 2 N–H and O–H groups in total. The SMILES string of the molecule is O=C(NC1CCOCC1)c1cnc2[nH]ccc2c1. The van der Waals surface area contributed by atoms with Crippen LogP contribution in [-0.4, -0.2) is 35.1 Å². The van der Waals surface area contributed by atoms with Gasteiger partial charge in [-0.05, 0) is 25.0 Å². The van der Waals surface area contributed by atoms with Crippen molar-refractivity contribution < 1.29 is 9.53 Å². The van der Waals surface area contributed by atoms with Crippen LogP contribution in [0.25, 0.3) is 11.0 Å². The lowest BCUT2D eigenvalue weighted by atomic mass is 10.1. The Hall–Kier alpha value is -1.88.